The smallest absolute Gasteiger partial charge is 0.322 e. The number of aromatic nitrogens is 2. The van der Waals surface area contributed by atoms with Gasteiger partial charge in [0.1, 0.15) is 5.75 Å². The highest BCUT2D eigenvalue weighted by molar-refractivity contribution is 5.87. The fourth-order valence-electron chi connectivity index (χ4n) is 2.48. The molecule has 1 atom stereocenters. The van der Waals surface area contributed by atoms with Crippen LogP contribution in [0.3, 0.4) is 0 Å². The van der Waals surface area contributed by atoms with Gasteiger partial charge in [-0.05, 0) is 34.5 Å². The van der Waals surface area contributed by atoms with E-state index >= 15 is 0 Å². The van der Waals surface area contributed by atoms with E-state index in [1.807, 2.05) is 25.1 Å². The molecule has 0 fully saturated rings. The largest absolute Gasteiger partial charge is 0.846 e. The van der Waals surface area contributed by atoms with E-state index in [0.717, 1.165) is 6.42 Å². The summed E-state index contributed by atoms with van der Waals surface area (Å²) in [5.41, 5.74) is 1.82. The van der Waals surface area contributed by atoms with Gasteiger partial charge in [-0.3, -0.25) is 4.52 Å². The van der Waals surface area contributed by atoms with E-state index in [0.29, 0.717) is 11.4 Å². The molecule has 0 amide bonds. The second kappa shape index (κ2) is 8.15. The predicted molar refractivity (Wildman–Crippen MR) is 95.3 cm³/mol. The van der Waals surface area contributed by atoms with Gasteiger partial charge in [0.15, 0.2) is 6.04 Å². The molecule has 0 spiro atoms. The van der Waals surface area contributed by atoms with Gasteiger partial charge in [-0.2, -0.15) is 0 Å². The van der Waals surface area contributed by atoms with Crippen molar-refractivity contribution in [1.82, 2.24) is 5.27 Å². The zero-order chi connectivity index (χ0) is 18.4. The molecule has 1 unspecified atom stereocenters. The predicted octanol–water partition coefficient (Wildman–Crippen LogP) is 2.23. The quantitative estimate of drug-likeness (QED) is 0.418. The SMILES string of the molecule is COc1ccc(NC([O-])=Nc2c[n+](C(C)Cc3ccccc3)no2)cc1. The molecule has 0 aliphatic carbocycles. The molecule has 134 valence electrons. The summed E-state index contributed by atoms with van der Waals surface area (Å²) in [5.74, 6) is 0.861. The maximum absolute atomic E-state index is 12.0. The van der Waals surface area contributed by atoms with Crippen LogP contribution in [-0.4, -0.2) is 18.4 Å². The number of nitrogens with one attached hydrogen (secondary N) is 1. The number of rotatable bonds is 6. The van der Waals surface area contributed by atoms with Gasteiger partial charge < -0.3 is 15.2 Å². The molecule has 1 aromatic heterocycles. The fraction of sp³-hybridized carbons (Fsp3) is 0.211. The van der Waals surface area contributed by atoms with Crippen LogP contribution in [0.2, 0.25) is 0 Å². The lowest BCUT2D eigenvalue weighted by atomic mass is 10.1. The van der Waals surface area contributed by atoms with E-state index in [1.54, 1.807) is 42.3 Å². The molecule has 1 heterocycles. The Morgan fingerprint density at radius 3 is 2.65 bits per heavy atom. The summed E-state index contributed by atoms with van der Waals surface area (Å²) < 4.78 is 11.9. The second-order valence-electron chi connectivity index (χ2n) is 5.83. The van der Waals surface area contributed by atoms with Crippen molar-refractivity contribution >= 4 is 17.6 Å². The highest BCUT2D eigenvalue weighted by Gasteiger charge is 2.19. The molecule has 3 rings (SSSR count). The van der Waals surface area contributed by atoms with Gasteiger partial charge in [0, 0.05) is 19.0 Å². The number of benzene rings is 2. The molecule has 0 aliphatic heterocycles. The second-order valence-corrected chi connectivity index (χ2v) is 5.83. The van der Waals surface area contributed by atoms with Crippen LogP contribution in [0, 0.1) is 0 Å². The van der Waals surface area contributed by atoms with Crippen LogP contribution >= 0.6 is 0 Å². The highest BCUT2D eigenvalue weighted by atomic mass is 16.5. The molecular weight excluding hydrogens is 332 g/mol. The summed E-state index contributed by atoms with van der Waals surface area (Å²) >= 11 is 0. The summed E-state index contributed by atoms with van der Waals surface area (Å²) in [6.45, 7) is 2.02. The molecule has 26 heavy (non-hydrogen) atoms. The summed E-state index contributed by atoms with van der Waals surface area (Å²) in [6, 6.07) is 16.6. The Hall–Kier alpha value is -3.35. The standard InChI is InChI=1S/C19H20N4O3/c1-14(12-15-6-4-3-5-7-15)23-13-18(26-22-23)21-19(24)20-16-8-10-17(25-2)11-9-16/h3-11,13-14H,12H2,1-2H3,(H-,20,21,22,24). The minimum absolute atomic E-state index is 0.0785. The van der Waals surface area contributed by atoms with Crippen molar-refractivity contribution in [2.24, 2.45) is 4.99 Å². The fourth-order valence-corrected chi connectivity index (χ4v) is 2.48. The van der Waals surface area contributed by atoms with Crippen LogP contribution in [0.5, 0.6) is 5.75 Å². The zero-order valence-corrected chi connectivity index (χ0v) is 14.6. The molecule has 2 aromatic carbocycles. The topological polar surface area (TPSA) is 86.6 Å². The lowest BCUT2D eigenvalue weighted by Gasteiger charge is -2.12. The lowest BCUT2D eigenvalue weighted by molar-refractivity contribution is -0.782. The van der Waals surface area contributed by atoms with Crippen LogP contribution < -0.4 is 19.8 Å². The van der Waals surface area contributed by atoms with E-state index in [1.165, 1.54) is 5.56 Å². The van der Waals surface area contributed by atoms with Crippen LogP contribution in [0.1, 0.15) is 18.5 Å². The van der Waals surface area contributed by atoms with Crippen molar-refractivity contribution < 1.29 is 19.0 Å². The van der Waals surface area contributed by atoms with Gasteiger partial charge in [0.25, 0.3) is 6.20 Å². The van der Waals surface area contributed by atoms with E-state index in [4.69, 9.17) is 9.26 Å². The molecule has 7 nitrogen and oxygen atoms in total. The van der Waals surface area contributed by atoms with Gasteiger partial charge in [0.05, 0.1) is 13.1 Å². The first-order valence-electron chi connectivity index (χ1n) is 8.23. The zero-order valence-electron chi connectivity index (χ0n) is 14.6. The van der Waals surface area contributed by atoms with E-state index in [9.17, 15) is 5.11 Å². The summed E-state index contributed by atoms with van der Waals surface area (Å²) in [5, 5.41) is 18.6. The van der Waals surface area contributed by atoms with E-state index in [2.05, 4.69) is 27.7 Å². The molecule has 3 aromatic rings. The number of amidine groups is 1. The molecule has 0 aliphatic rings. The van der Waals surface area contributed by atoms with Gasteiger partial charge in [0.2, 0.25) is 5.27 Å². The number of nitrogens with zero attached hydrogens (tertiary/aromatic N) is 3. The Morgan fingerprint density at radius 2 is 1.96 bits per heavy atom. The molecule has 0 bridgehead atoms. The number of anilines is 1. The minimum atomic E-state index is -0.533. The maximum atomic E-state index is 12.0. The first-order valence-corrected chi connectivity index (χ1v) is 8.23. The minimum Gasteiger partial charge on any atom is -0.846 e. The number of hydrogen-bond acceptors (Lipinski definition) is 5. The van der Waals surface area contributed by atoms with Crippen LogP contribution in [0.4, 0.5) is 11.6 Å². The van der Waals surface area contributed by atoms with Crippen LogP contribution in [0.15, 0.2) is 70.3 Å². The lowest BCUT2D eigenvalue weighted by Crippen LogP contribution is -2.39. The number of aliphatic imine (C=N–C) groups is 1. The maximum Gasteiger partial charge on any atom is 0.322 e. The Balaban J connectivity index is 1.63. The monoisotopic (exact) mass is 352 g/mol. The average Bonchev–Trinajstić information content (AvgIpc) is 3.11. The Labute approximate surface area is 151 Å². The van der Waals surface area contributed by atoms with Crippen molar-refractivity contribution in [2.45, 2.75) is 19.4 Å². The Bertz CT molecular complexity index is 860. The molecule has 0 saturated heterocycles. The third-order valence-corrected chi connectivity index (χ3v) is 3.85. The third-order valence-electron chi connectivity index (χ3n) is 3.85. The first-order chi connectivity index (χ1) is 12.6. The number of hydrogen-bond donors (Lipinski definition) is 1. The van der Waals surface area contributed by atoms with Gasteiger partial charge in [-0.25, -0.2) is 4.99 Å². The third kappa shape index (κ3) is 4.60. The summed E-state index contributed by atoms with van der Waals surface area (Å²) in [7, 11) is 1.58. The normalized spacial score (nSPS) is 12.6. The van der Waals surface area contributed by atoms with Crippen LogP contribution in [0.25, 0.3) is 0 Å². The van der Waals surface area contributed by atoms with Crippen molar-refractivity contribution in [3.05, 3.63) is 66.4 Å². The summed E-state index contributed by atoms with van der Waals surface area (Å²) in [4.78, 5) is 3.88. The van der Waals surface area contributed by atoms with E-state index in [-0.39, 0.29) is 11.9 Å². The summed E-state index contributed by atoms with van der Waals surface area (Å²) in [6.07, 6.45) is 2.41. The first kappa shape index (κ1) is 17.5. The number of ether oxygens (including phenoxy) is 1. The molecule has 0 radical (unpaired) electrons. The Morgan fingerprint density at radius 1 is 1.23 bits per heavy atom. The average molecular weight is 352 g/mol. The van der Waals surface area contributed by atoms with Crippen LogP contribution in [-0.2, 0) is 6.42 Å². The molecule has 0 saturated carbocycles. The number of methoxy groups -OCH3 is 1. The van der Waals surface area contributed by atoms with Crippen molar-refractivity contribution in [3.8, 4) is 5.75 Å². The highest BCUT2D eigenvalue weighted by Crippen LogP contribution is 2.15. The van der Waals surface area contributed by atoms with Gasteiger partial charge in [-0.1, -0.05) is 30.3 Å². The Kier molecular flexibility index (Phi) is 5.48. The van der Waals surface area contributed by atoms with Crippen molar-refractivity contribution in [2.75, 3.05) is 12.4 Å². The van der Waals surface area contributed by atoms with Crippen molar-refractivity contribution in [1.29, 1.82) is 0 Å². The van der Waals surface area contributed by atoms with E-state index < -0.39 is 6.02 Å². The molecule has 1 N–H and O–H groups in total. The molecule has 7 heteroatoms. The molecular formula is C19H20N4O3. The van der Waals surface area contributed by atoms with Crippen molar-refractivity contribution in [3.63, 3.8) is 0 Å². The van der Waals surface area contributed by atoms with Gasteiger partial charge >= 0.3 is 5.88 Å². The van der Waals surface area contributed by atoms with Gasteiger partial charge in [-0.15, -0.1) is 0 Å².